The van der Waals surface area contributed by atoms with Crippen LogP contribution in [-0.4, -0.2) is 28.8 Å². The highest BCUT2D eigenvalue weighted by atomic mass is 19.1. The van der Waals surface area contributed by atoms with E-state index in [1.54, 1.807) is 25.1 Å². The number of nitrogens with zero attached hydrogens (tertiary/aromatic N) is 1. The van der Waals surface area contributed by atoms with Crippen LogP contribution in [0.15, 0.2) is 84.9 Å². The molecule has 5 heteroatoms. The zero-order valence-corrected chi connectivity index (χ0v) is 20.1. The first-order chi connectivity index (χ1) is 16.4. The van der Waals surface area contributed by atoms with Gasteiger partial charge in [0.15, 0.2) is 0 Å². The summed E-state index contributed by atoms with van der Waals surface area (Å²) in [6.45, 7) is 5.64. The smallest absolute Gasteiger partial charge is 0.242 e. The average molecular weight is 461 g/mol. The lowest BCUT2D eigenvalue weighted by atomic mass is 9.88. The first-order valence-corrected chi connectivity index (χ1v) is 11.8. The Hall–Kier alpha value is -3.47. The number of halogens is 1. The van der Waals surface area contributed by atoms with Gasteiger partial charge >= 0.3 is 0 Å². The lowest BCUT2D eigenvalue weighted by Crippen LogP contribution is -2.49. The molecule has 0 saturated carbocycles. The van der Waals surface area contributed by atoms with Crippen LogP contribution in [0.2, 0.25) is 0 Å². The normalized spacial score (nSPS) is 12.7. The molecule has 0 radical (unpaired) electrons. The van der Waals surface area contributed by atoms with E-state index in [-0.39, 0.29) is 36.7 Å². The monoisotopic (exact) mass is 460 g/mol. The maximum Gasteiger partial charge on any atom is 0.242 e. The molecule has 3 aromatic rings. The Labute approximate surface area is 201 Å². The van der Waals surface area contributed by atoms with E-state index in [1.165, 1.54) is 11.0 Å². The second-order valence-electron chi connectivity index (χ2n) is 8.68. The highest BCUT2D eigenvalue weighted by molar-refractivity contribution is 5.88. The third kappa shape index (κ3) is 6.53. The van der Waals surface area contributed by atoms with E-state index in [9.17, 15) is 14.0 Å². The van der Waals surface area contributed by atoms with Gasteiger partial charge < -0.3 is 10.2 Å². The summed E-state index contributed by atoms with van der Waals surface area (Å²) in [6, 6.07) is 25.3. The van der Waals surface area contributed by atoms with Crippen molar-refractivity contribution in [3.8, 4) is 0 Å². The number of hydrogen-bond acceptors (Lipinski definition) is 2. The summed E-state index contributed by atoms with van der Waals surface area (Å²) in [5.74, 6) is -1.01. The van der Waals surface area contributed by atoms with Gasteiger partial charge in [0.1, 0.15) is 11.9 Å². The van der Waals surface area contributed by atoms with Gasteiger partial charge in [0.05, 0.1) is 0 Å². The van der Waals surface area contributed by atoms with Crippen molar-refractivity contribution in [2.24, 2.45) is 0 Å². The first-order valence-electron chi connectivity index (χ1n) is 11.8. The number of rotatable bonds is 10. The van der Waals surface area contributed by atoms with Crippen molar-refractivity contribution in [3.63, 3.8) is 0 Å². The van der Waals surface area contributed by atoms with Crippen LogP contribution in [0, 0.1) is 5.82 Å². The van der Waals surface area contributed by atoms with Crippen molar-refractivity contribution in [1.29, 1.82) is 0 Å². The molecule has 0 bridgehead atoms. The minimum Gasteiger partial charge on any atom is -0.352 e. The number of hydrogen-bond donors (Lipinski definition) is 1. The fourth-order valence-electron chi connectivity index (χ4n) is 3.95. The van der Waals surface area contributed by atoms with Crippen LogP contribution < -0.4 is 5.32 Å². The van der Waals surface area contributed by atoms with E-state index < -0.39 is 11.9 Å². The number of carbonyl (C=O) groups excluding carboxylic acids is 2. The zero-order chi connectivity index (χ0) is 24.5. The Morgan fingerprint density at radius 2 is 1.38 bits per heavy atom. The minimum atomic E-state index is -0.742. The van der Waals surface area contributed by atoms with Gasteiger partial charge in [-0.15, -0.1) is 0 Å². The van der Waals surface area contributed by atoms with Crippen LogP contribution in [0.3, 0.4) is 0 Å². The second kappa shape index (κ2) is 12.1. The molecular formula is C29H33FN2O2. The third-order valence-corrected chi connectivity index (χ3v) is 6.25. The summed E-state index contributed by atoms with van der Waals surface area (Å²) in [7, 11) is 0. The molecule has 2 amide bonds. The van der Waals surface area contributed by atoms with Crippen LogP contribution >= 0.6 is 0 Å². The predicted octanol–water partition coefficient (Wildman–Crippen LogP) is 5.68. The van der Waals surface area contributed by atoms with Crippen molar-refractivity contribution in [3.05, 3.63) is 107 Å². The zero-order valence-electron chi connectivity index (χ0n) is 20.1. The van der Waals surface area contributed by atoms with Crippen molar-refractivity contribution >= 4 is 11.8 Å². The molecule has 2 atom stereocenters. The molecule has 178 valence electrons. The lowest BCUT2D eigenvalue weighted by molar-refractivity contribution is -0.141. The summed E-state index contributed by atoms with van der Waals surface area (Å²) >= 11 is 0. The SMILES string of the molecule is CC[C@H](C)NC(=O)[C@@H](C)N(Cc1ccccc1F)C(=O)CC(c1ccccc1)c1ccccc1. The van der Waals surface area contributed by atoms with E-state index >= 15 is 0 Å². The van der Waals surface area contributed by atoms with Gasteiger partial charge in [-0.05, 0) is 37.5 Å². The molecule has 0 unspecified atom stereocenters. The molecule has 0 aliphatic heterocycles. The lowest BCUT2D eigenvalue weighted by Gasteiger charge is -2.31. The van der Waals surface area contributed by atoms with Crippen LogP contribution in [0.1, 0.15) is 56.2 Å². The van der Waals surface area contributed by atoms with Crippen molar-refractivity contribution in [2.45, 2.75) is 58.2 Å². The van der Waals surface area contributed by atoms with Crippen LogP contribution in [0.5, 0.6) is 0 Å². The Bertz CT molecular complexity index is 1030. The van der Waals surface area contributed by atoms with Gasteiger partial charge in [-0.2, -0.15) is 0 Å². The maximum atomic E-state index is 14.5. The summed E-state index contributed by atoms with van der Waals surface area (Å²) in [6.07, 6.45) is 0.952. The average Bonchev–Trinajstić information content (AvgIpc) is 2.87. The number of carbonyl (C=O) groups is 2. The Morgan fingerprint density at radius 1 is 0.853 bits per heavy atom. The molecule has 4 nitrogen and oxygen atoms in total. The third-order valence-electron chi connectivity index (χ3n) is 6.25. The minimum absolute atomic E-state index is 0.0123. The quantitative estimate of drug-likeness (QED) is 0.423. The molecule has 0 fully saturated rings. The van der Waals surface area contributed by atoms with Crippen molar-refractivity contribution in [1.82, 2.24) is 10.2 Å². The molecule has 0 saturated heterocycles. The maximum absolute atomic E-state index is 14.5. The van der Waals surface area contributed by atoms with Crippen LogP contribution in [-0.2, 0) is 16.1 Å². The summed E-state index contributed by atoms with van der Waals surface area (Å²) in [4.78, 5) is 28.2. The Morgan fingerprint density at radius 3 is 1.91 bits per heavy atom. The van der Waals surface area contributed by atoms with E-state index in [2.05, 4.69) is 5.32 Å². The molecule has 0 spiro atoms. The summed E-state index contributed by atoms with van der Waals surface area (Å²) in [5, 5.41) is 2.96. The molecule has 1 N–H and O–H groups in total. The highest BCUT2D eigenvalue weighted by Gasteiger charge is 2.30. The molecular weight excluding hydrogens is 427 g/mol. The van der Waals surface area contributed by atoms with Gasteiger partial charge in [-0.1, -0.05) is 85.8 Å². The van der Waals surface area contributed by atoms with E-state index in [1.807, 2.05) is 74.5 Å². The molecule has 0 aromatic heterocycles. The number of amides is 2. The van der Waals surface area contributed by atoms with E-state index in [0.717, 1.165) is 17.5 Å². The van der Waals surface area contributed by atoms with Crippen molar-refractivity contribution < 1.29 is 14.0 Å². The molecule has 3 rings (SSSR count). The first kappa shape index (κ1) is 25.2. The van der Waals surface area contributed by atoms with Gasteiger partial charge in [-0.25, -0.2) is 4.39 Å². The number of nitrogens with one attached hydrogen (secondary N) is 1. The van der Waals surface area contributed by atoms with Gasteiger partial charge in [-0.3, -0.25) is 9.59 Å². The van der Waals surface area contributed by atoms with Gasteiger partial charge in [0, 0.05) is 30.5 Å². The summed E-state index contributed by atoms with van der Waals surface area (Å²) in [5.41, 5.74) is 2.42. The fraction of sp³-hybridized carbons (Fsp3) is 0.310. The molecule has 0 aliphatic carbocycles. The Kier molecular flexibility index (Phi) is 8.97. The van der Waals surface area contributed by atoms with Crippen LogP contribution in [0.25, 0.3) is 0 Å². The molecule has 3 aromatic carbocycles. The molecule has 0 heterocycles. The second-order valence-corrected chi connectivity index (χ2v) is 8.68. The van der Waals surface area contributed by atoms with Gasteiger partial charge in [0.25, 0.3) is 0 Å². The number of benzene rings is 3. The van der Waals surface area contributed by atoms with Crippen LogP contribution in [0.4, 0.5) is 4.39 Å². The Balaban J connectivity index is 1.92. The highest BCUT2D eigenvalue weighted by Crippen LogP contribution is 2.29. The van der Waals surface area contributed by atoms with Gasteiger partial charge in [0.2, 0.25) is 11.8 Å². The summed E-state index contributed by atoms with van der Waals surface area (Å²) < 4.78 is 14.5. The van der Waals surface area contributed by atoms with Crippen molar-refractivity contribution in [2.75, 3.05) is 0 Å². The molecule has 0 aliphatic rings. The molecule has 34 heavy (non-hydrogen) atoms. The van der Waals surface area contributed by atoms with E-state index in [4.69, 9.17) is 0 Å². The predicted molar refractivity (Wildman–Crippen MR) is 134 cm³/mol. The largest absolute Gasteiger partial charge is 0.352 e. The standard InChI is InChI=1S/C29H33FN2O2/c1-4-21(2)31-29(34)22(3)32(20-25-17-11-12-18-27(25)30)28(33)19-26(23-13-7-5-8-14-23)24-15-9-6-10-16-24/h5-18,21-22,26H,4,19-20H2,1-3H3,(H,31,34)/t21-,22+/m0/s1. The van der Waals surface area contributed by atoms with E-state index in [0.29, 0.717) is 5.56 Å². The fourth-order valence-corrected chi connectivity index (χ4v) is 3.95. The topological polar surface area (TPSA) is 49.4 Å².